The number of rotatable bonds is 10. The van der Waals surface area contributed by atoms with E-state index in [1.807, 2.05) is 12.1 Å². The first-order chi connectivity index (χ1) is 14.5. The first kappa shape index (κ1) is 22.1. The maximum atomic E-state index is 13.3. The number of amides is 3. The highest BCUT2D eigenvalue weighted by molar-refractivity contribution is 6.35. The summed E-state index contributed by atoms with van der Waals surface area (Å²) in [6, 6.07) is 7.19. The summed E-state index contributed by atoms with van der Waals surface area (Å²) in [5.74, 6) is -0.490. The van der Waals surface area contributed by atoms with E-state index in [2.05, 4.69) is 17.1 Å². The van der Waals surface area contributed by atoms with Gasteiger partial charge in [0, 0.05) is 32.2 Å². The summed E-state index contributed by atoms with van der Waals surface area (Å²) in [6.07, 6.45) is 8.76. The number of nitrogens with zero attached hydrogens (tertiary/aromatic N) is 2. The minimum atomic E-state index is -0.192. The highest BCUT2D eigenvalue weighted by Crippen LogP contribution is 2.34. The van der Waals surface area contributed by atoms with Crippen molar-refractivity contribution in [2.24, 2.45) is 0 Å². The van der Waals surface area contributed by atoms with Crippen molar-refractivity contribution in [1.29, 1.82) is 0 Å². The molecule has 0 aliphatic carbocycles. The Kier molecular flexibility index (Phi) is 7.66. The molecule has 2 aliphatic heterocycles. The molecule has 0 unspecified atom stereocenters. The predicted molar refractivity (Wildman–Crippen MR) is 119 cm³/mol. The fourth-order valence-electron chi connectivity index (χ4n) is 4.23. The molecule has 3 amide bonds. The van der Waals surface area contributed by atoms with Crippen LogP contribution in [0.2, 0.25) is 0 Å². The maximum Gasteiger partial charge on any atom is 0.277 e. The molecular formula is C24H33N3O3. The molecule has 0 aromatic heterocycles. The Labute approximate surface area is 179 Å². The molecule has 1 aromatic rings. The molecule has 1 saturated heterocycles. The van der Waals surface area contributed by atoms with Gasteiger partial charge >= 0.3 is 0 Å². The minimum absolute atomic E-state index is 0.142. The molecule has 0 bridgehead atoms. The molecular weight excluding hydrogens is 378 g/mol. The van der Waals surface area contributed by atoms with Gasteiger partial charge in [-0.2, -0.15) is 0 Å². The van der Waals surface area contributed by atoms with Crippen molar-refractivity contribution < 1.29 is 14.4 Å². The van der Waals surface area contributed by atoms with Crippen molar-refractivity contribution in [1.82, 2.24) is 9.80 Å². The summed E-state index contributed by atoms with van der Waals surface area (Å²) in [7, 11) is 0. The third-order valence-electron chi connectivity index (χ3n) is 5.80. The second-order valence-corrected chi connectivity index (χ2v) is 8.21. The van der Waals surface area contributed by atoms with E-state index >= 15 is 0 Å². The zero-order valence-electron chi connectivity index (χ0n) is 18.2. The fourth-order valence-corrected chi connectivity index (χ4v) is 4.23. The number of carbonyl (C=O) groups is 3. The van der Waals surface area contributed by atoms with E-state index in [0.29, 0.717) is 23.5 Å². The van der Waals surface area contributed by atoms with Gasteiger partial charge in [-0.3, -0.25) is 19.3 Å². The summed E-state index contributed by atoms with van der Waals surface area (Å²) < 4.78 is 0. The molecule has 2 heterocycles. The third kappa shape index (κ3) is 5.10. The van der Waals surface area contributed by atoms with E-state index in [-0.39, 0.29) is 17.7 Å². The van der Waals surface area contributed by atoms with Gasteiger partial charge in [-0.1, -0.05) is 51.2 Å². The van der Waals surface area contributed by atoms with E-state index in [1.54, 1.807) is 12.1 Å². The minimum Gasteiger partial charge on any atom is -0.366 e. The van der Waals surface area contributed by atoms with Gasteiger partial charge in [0.05, 0.1) is 5.57 Å². The van der Waals surface area contributed by atoms with Crippen molar-refractivity contribution in [3.05, 3.63) is 35.5 Å². The number of hydrogen-bond acceptors (Lipinski definition) is 4. The highest BCUT2D eigenvalue weighted by atomic mass is 16.2. The van der Waals surface area contributed by atoms with E-state index in [0.717, 1.165) is 50.8 Å². The number of carbonyl (C=O) groups excluding carboxylic acids is 3. The molecule has 0 radical (unpaired) electrons. The smallest absolute Gasteiger partial charge is 0.277 e. The molecule has 0 spiro atoms. The SMILES string of the molecule is CCCCCCCCN1C(=O)C(c2ccc(NC(C)=O)cc2)=C(N2CCCC2)C1=O. The monoisotopic (exact) mass is 411 g/mol. The van der Waals surface area contributed by atoms with E-state index in [1.165, 1.54) is 31.1 Å². The van der Waals surface area contributed by atoms with Gasteiger partial charge in [0.25, 0.3) is 11.8 Å². The summed E-state index contributed by atoms with van der Waals surface area (Å²) in [4.78, 5) is 41.2. The zero-order valence-corrected chi connectivity index (χ0v) is 18.2. The highest BCUT2D eigenvalue weighted by Gasteiger charge is 2.41. The third-order valence-corrected chi connectivity index (χ3v) is 5.80. The number of benzene rings is 1. The van der Waals surface area contributed by atoms with Gasteiger partial charge in [0.2, 0.25) is 5.91 Å². The first-order valence-corrected chi connectivity index (χ1v) is 11.3. The van der Waals surface area contributed by atoms with Crippen LogP contribution in [0, 0.1) is 0 Å². The van der Waals surface area contributed by atoms with Crippen molar-refractivity contribution in [3.8, 4) is 0 Å². The molecule has 6 heteroatoms. The van der Waals surface area contributed by atoms with Crippen LogP contribution in [0.3, 0.4) is 0 Å². The number of likely N-dealkylation sites (tertiary alicyclic amines) is 1. The van der Waals surface area contributed by atoms with Crippen LogP contribution in [0.1, 0.15) is 70.8 Å². The van der Waals surface area contributed by atoms with Gasteiger partial charge in [-0.15, -0.1) is 0 Å². The number of hydrogen-bond donors (Lipinski definition) is 1. The second-order valence-electron chi connectivity index (χ2n) is 8.21. The number of unbranched alkanes of at least 4 members (excludes halogenated alkanes) is 5. The molecule has 3 rings (SSSR count). The molecule has 0 atom stereocenters. The fraction of sp³-hybridized carbons (Fsp3) is 0.542. The predicted octanol–water partition coefficient (Wildman–Crippen LogP) is 4.18. The number of nitrogens with one attached hydrogen (secondary N) is 1. The summed E-state index contributed by atoms with van der Waals surface area (Å²) in [6.45, 7) is 5.76. The summed E-state index contributed by atoms with van der Waals surface area (Å²) in [5, 5.41) is 2.74. The lowest BCUT2D eigenvalue weighted by Crippen LogP contribution is -2.35. The van der Waals surface area contributed by atoms with Crippen molar-refractivity contribution in [2.45, 2.75) is 65.2 Å². The quantitative estimate of drug-likeness (QED) is 0.463. The Bertz CT molecular complexity index is 807. The van der Waals surface area contributed by atoms with E-state index < -0.39 is 0 Å². The zero-order chi connectivity index (χ0) is 21.5. The van der Waals surface area contributed by atoms with Crippen LogP contribution in [0.25, 0.3) is 5.57 Å². The number of anilines is 1. The molecule has 30 heavy (non-hydrogen) atoms. The molecule has 1 N–H and O–H groups in total. The van der Waals surface area contributed by atoms with Gasteiger partial charge in [0.1, 0.15) is 5.70 Å². The van der Waals surface area contributed by atoms with Crippen molar-refractivity contribution >= 4 is 29.0 Å². The lowest BCUT2D eigenvalue weighted by Gasteiger charge is -2.20. The van der Waals surface area contributed by atoms with E-state index in [9.17, 15) is 14.4 Å². The van der Waals surface area contributed by atoms with Crippen LogP contribution < -0.4 is 5.32 Å². The summed E-state index contributed by atoms with van der Waals surface area (Å²) >= 11 is 0. The maximum absolute atomic E-state index is 13.3. The molecule has 6 nitrogen and oxygen atoms in total. The van der Waals surface area contributed by atoms with Gasteiger partial charge < -0.3 is 10.2 Å². The average Bonchev–Trinajstić information content (AvgIpc) is 3.32. The first-order valence-electron chi connectivity index (χ1n) is 11.3. The Morgan fingerprint density at radius 1 is 0.933 bits per heavy atom. The van der Waals surface area contributed by atoms with Gasteiger partial charge in [0.15, 0.2) is 0 Å². The molecule has 0 saturated carbocycles. The van der Waals surface area contributed by atoms with Gasteiger partial charge in [-0.25, -0.2) is 0 Å². The number of imide groups is 1. The van der Waals surface area contributed by atoms with Crippen LogP contribution in [0.4, 0.5) is 5.69 Å². The average molecular weight is 412 g/mol. The van der Waals surface area contributed by atoms with Crippen LogP contribution >= 0.6 is 0 Å². The standard InChI is InChI=1S/C24H33N3O3/c1-3-4-5-6-7-8-17-27-23(29)21(22(24(27)30)26-15-9-10-16-26)19-11-13-20(14-12-19)25-18(2)28/h11-14H,3-10,15-17H2,1-2H3,(H,25,28). The van der Waals surface area contributed by atoms with Crippen molar-refractivity contribution in [3.63, 3.8) is 0 Å². The lowest BCUT2D eigenvalue weighted by molar-refractivity contribution is -0.137. The Morgan fingerprint density at radius 3 is 2.20 bits per heavy atom. The second kappa shape index (κ2) is 10.4. The van der Waals surface area contributed by atoms with Crippen LogP contribution in [0.5, 0.6) is 0 Å². The normalized spacial score (nSPS) is 16.7. The van der Waals surface area contributed by atoms with Crippen LogP contribution in [-0.4, -0.2) is 47.2 Å². The Morgan fingerprint density at radius 2 is 1.57 bits per heavy atom. The van der Waals surface area contributed by atoms with Crippen LogP contribution in [0.15, 0.2) is 30.0 Å². The molecule has 1 fully saturated rings. The van der Waals surface area contributed by atoms with Crippen molar-refractivity contribution in [2.75, 3.05) is 25.0 Å². The molecule has 2 aliphatic rings. The Balaban J connectivity index is 1.77. The topological polar surface area (TPSA) is 69.7 Å². The molecule has 1 aromatic carbocycles. The lowest BCUT2D eigenvalue weighted by atomic mass is 10.0. The summed E-state index contributed by atoms with van der Waals surface area (Å²) in [5.41, 5.74) is 2.46. The van der Waals surface area contributed by atoms with Crippen LogP contribution in [-0.2, 0) is 14.4 Å². The Hall–Kier alpha value is -2.63. The van der Waals surface area contributed by atoms with E-state index in [4.69, 9.17) is 0 Å². The van der Waals surface area contributed by atoms with Gasteiger partial charge in [-0.05, 0) is 37.0 Å². The largest absolute Gasteiger partial charge is 0.366 e. The molecule has 162 valence electrons.